The summed E-state index contributed by atoms with van der Waals surface area (Å²) >= 11 is 14.3. The van der Waals surface area contributed by atoms with Crippen LogP contribution >= 0.6 is 63.7 Å². The normalized spacial score (nSPS) is 11.6. The zero-order chi connectivity index (χ0) is 17.7. The van der Waals surface area contributed by atoms with Gasteiger partial charge >= 0.3 is 0 Å². The van der Waals surface area contributed by atoms with E-state index in [2.05, 4.69) is 97.8 Å². The molecule has 0 radical (unpaired) electrons. The average molecular weight is 590 g/mol. The molecule has 0 fully saturated rings. The van der Waals surface area contributed by atoms with E-state index < -0.39 is 0 Å². The number of anilines is 1. The predicted octanol–water partition coefficient (Wildman–Crippen LogP) is 6.54. The summed E-state index contributed by atoms with van der Waals surface area (Å²) in [5, 5.41) is 3.40. The fourth-order valence-corrected chi connectivity index (χ4v) is 4.79. The molecule has 8 heteroatoms. The van der Waals surface area contributed by atoms with Crippen LogP contribution in [0.5, 0.6) is 0 Å². The van der Waals surface area contributed by atoms with Crippen molar-refractivity contribution in [2.45, 2.75) is 33.1 Å². The molecule has 0 saturated carbocycles. The van der Waals surface area contributed by atoms with Crippen molar-refractivity contribution in [2.24, 2.45) is 0 Å². The maximum absolute atomic E-state index is 4.65. The first-order chi connectivity index (χ1) is 11.5. The van der Waals surface area contributed by atoms with Gasteiger partial charge in [0.05, 0.1) is 14.5 Å². The van der Waals surface area contributed by atoms with Gasteiger partial charge in [0.25, 0.3) is 0 Å². The van der Waals surface area contributed by atoms with Crippen molar-refractivity contribution >= 4 is 80.7 Å². The number of aromatic nitrogens is 2. The molecular weight excluding hydrogens is 568 g/mol. The van der Waals surface area contributed by atoms with Crippen molar-refractivity contribution in [3.63, 3.8) is 0 Å². The second-order valence-corrected chi connectivity index (χ2v) is 8.81. The van der Waals surface area contributed by atoms with E-state index in [1.165, 1.54) is 19.4 Å². The zero-order valence-corrected chi connectivity index (χ0v) is 20.2. The number of nitrogens with zero attached hydrogens (tertiary/aromatic N) is 2. The van der Waals surface area contributed by atoms with Gasteiger partial charge in [-0.15, -0.1) is 0 Å². The molecule has 0 aliphatic rings. The van der Waals surface area contributed by atoms with E-state index in [9.17, 15) is 0 Å². The molecule has 2 aromatic rings. The average Bonchev–Trinajstić information content (AvgIpc) is 3.02. The summed E-state index contributed by atoms with van der Waals surface area (Å²) in [5.74, 6) is 0.799. The van der Waals surface area contributed by atoms with Gasteiger partial charge in [0.1, 0.15) is 5.52 Å². The molecule has 0 saturated heterocycles. The van der Waals surface area contributed by atoms with Crippen LogP contribution in [0.3, 0.4) is 0 Å². The van der Waals surface area contributed by atoms with Gasteiger partial charge in [0.2, 0.25) is 5.95 Å². The first-order valence-electron chi connectivity index (χ1n) is 8.17. The quantitative estimate of drug-likeness (QED) is 0.198. The minimum absolute atomic E-state index is 0.799. The van der Waals surface area contributed by atoms with E-state index in [0.29, 0.717) is 0 Å². The Kier molecular flexibility index (Phi) is 8.53. The Bertz CT molecular complexity index is 642. The molecule has 1 aromatic carbocycles. The van der Waals surface area contributed by atoms with Crippen molar-refractivity contribution in [1.29, 1.82) is 0 Å². The number of imidazole rings is 1. The summed E-state index contributed by atoms with van der Waals surface area (Å²) in [5.41, 5.74) is 1.87. The third-order valence-corrected chi connectivity index (χ3v) is 8.68. The molecule has 1 aromatic heterocycles. The Hall–Kier alpha value is 0.370. The fraction of sp³-hybridized carbons (Fsp3) is 0.562. The lowest BCUT2D eigenvalue weighted by Crippen LogP contribution is -2.27. The number of rotatable bonds is 9. The highest BCUT2D eigenvalue weighted by atomic mass is 79.9. The van der Waals surface area contributed by atoms with Crippen LogP contribution in [0.1, 0.15) is 33.1 Å². The van der Waals surface area contributed by atoms with Gasteiger partial charge in [-0.2, -0.15) is 0 Å². The largest absolute Gasteiger partial charge is 0.356 e. The Labute approximate surface area is 177 Å². The maximum atomic E-state index is 4.65. The van der Waals surface area contributed by atoms with Gasteiger partial charge in [0.15, 0.2) is 0 Å². The van der Waals surface area contributed by atoms with E-state index in [1.807, 2.05) is 0 Å². The molecule has 2 N–H and O–H groups in total. The van der Waals surface area contributed by atoms with Crippen molar-refractivity contribution in [1.82, 2.24) is 14.9 Å². The molecule has 1 heterocycles. The molecule has 0 atom stereocenters. The molecule has 0 unspecified atom stereocenters. The fourth-order valence-electron chi connectivity index (χ4n) is 2.50. The van der Waals surface area contributed by atoms with Crippen molar-refractivity contribution < 1.29 is 0 Å². The predicted molar refractivity (Wildman–Crippen MR) is 117 cm³/mol. The van der Waals surface area contributed by atoms with Crippen LogP contribution in [-0.4, -0.2) is 41.0 Å². The third-order valence-electron chi connectivity index (χ3n) is 3.93. The van der Waals surface area contributed by atoms with Crippen LogP contribution < -0.4 is 5.32 Å². The number of benzene rings is 1. The topological polar surface area (TPSA) is 44.0 Å². The third kappa shape index (κ3) is 4.96. The number of hydrogen-bond acceptors (Lipinski definition) is 3. The number of H-pyrrole nitrogens is 1. The molecule has 0 spiro atoms. The van der Waals surface area contributed by atoms with Crippen molar-refractivity contribution in [3.05, 3.63) is 17.9 Å². The highest BCUT2D eigenvalue weighted by molar-refractivity contribution is 9.15. The second-order valence-electron chi connectivity index (χ2n) is 5.63. The van der Waals surface area contributed by atoms with Crippen LogP contribution in [0.25, 0.3) is 11.0 Å². The Balaban J connectivity index is 1.97. The summed E-state index contributed by atoms with van der Waals surface area (Å²) in [7, 11) is 0. The first kappa shape index (κ1) is 20.7. The first-order valence-corrected chi connectivity index (χ1v) is 11.3. The molecule has 4 nitrogen and oxygen atoms in total. The van der Waals surface area contributed by atoms with Gasteiger partial charge < -0.3 is 15.2 Å². The van der Waals surface area contributed by atoms with E-state index in [0.717, 1.165) is 60.9 Å². The van der Waals surface area contributed by atoms with Gasteiger partial charge in [-0.3, -0.25) is 0 Å². The van der Waals surface area contributed by atoms with Gasteiger partial charge in [0, 0.05) is 15.5 Å². The monoisotopic (exact) mass is 586 g/mol. The number of fused-ring (bicyclic) bond motifs is 1. The van der Waals surface area contributed by atoms with Gasteiger partial charge in [-0.25, -0.2) is 4.98 Å². The number of halogens is 4. The molecule has 0 aliphatic heterocycles. The summed E-state index contributed by atoms with van der Waals surface area (Å²) in [6, 6.07) is 0. The van der Waals surface area contributed by atoms with Crippen molar-refractivity contribution in [3.8, 4) is 0 Å². The van der Waals surface area contributed by atoms with Gasteiger partial charge in [-0.05, 0) is 96.2 Å². The summed E-state index contributed by atoms with van der Waals surface area (Å²) in [4.78, 5) is 10.5. The molecule has 0 bridgehead atoms. The zero-order valence-electron chi connectivity index (χ0n) is 13.9. The summed E-state index contributed by atoms with van der Waals surface area (Å²) in [6.07, 6.45) is 3.63. The SMILES string of the molecule is CCCCN(CC)CCCNc1nc2c(Br)c(Br)c(Br)c(Br)c2[nH]1. The lowest BCUT2D eigenvalue weighted by Gasteiger charge is -2.19. The van der Waals surface area contributed by atoms with Crippen LogP contribution in [-0.2, 0) is 0 Å². The Morgan fingerprint density at radius 1 is 0.958 bits per heavy atom. The van der Waals surface area contributed by atoms with E-state index in [4.69, 9.17) is 0 Å². The standard InChI is InChI=1S/C16H22Br4N4/c1-3-5-8-24(4-2)9-6-7-21-16-22-14-12(19)10(17)11(18)13(20)15(14)23-16/h3-9H2,1-2H3,(H2,21,22,23). The number of hydrogen-bond donors (Lipinski definition) is 2. The van der Waals surface area contributed by atoms with E-state index >= 15 is 0 Å². The van der Waals surface area contributed by atoms with Crippen LogP contribution in [0.15, 0.2) is 17.9 Å². The lowest BCUT2D eigenvalue weighted by atomic mass is 10.3. The van der Waals surface area contributed by atoms with Crippen molar-refractivity contribution in [2.75, 3.05) is 31.5 Å². The second kappa shape index (κ2) is 9.90. The minimum Gasteiger partial charge on any atom is -0.356 e. The van der Waals surface area contributed by atoms with Gasteiger partial charge in [-0.1, -0.05) is 20.3 Å². The minimum atomic E-state index is 0.799. The molecule has 134 valence electrons. The molecular formula is C16H22Br4N4. The molecule has 0 amide bonds. The molecule has 24 heavy (non-hydrogen) atoms. The van der Waals surface area contributed by atoms with Crippen LogP contribution in [0.4, 0.5) is 5.95 Å². The Morgan fingerprint density at radius 2 is 1.62 bits per heavy atom. The van der Waals surface area contributed by atoms with E-state index in [1.54, 1.807) is 0 Å². The lowest BCUT2D eigenvalue weighted by molar-refractivity contribution is 0.282. The number of aromatic amines is 1. The summed E-state index contributed by atoms with van der Waals surface area (Å²) in [6.45, 7) is 8.80. The van der Waals surface area contributed by atoms with Crippen LogP contribution in [0, 0.1) is 0 Å². The number of nitrogens with one attached hydrogen (secondary N) is 2. The summed E-state index contributed by atoms with van der Waals surface area (Å²) < 4.78 is 3.82. The maximum Gasteiger partial charge on any atom is 0.201 e. The van der Waals surface area contributed by atoms with E-state index in [-0.39, 0.29) is 0 Å². The number of unbranched alkanes of at least 4 members (excludes halogenated alkanes) is 1. The molecule has 0 aliphatic carbocycles. The highest BCUT2D eigenvalue weighted by Crippen LogP contribution is 2.42. The highest BCUT2D eigenvalue weighted by Gasteiger charge is 2.17. The van der Waals surface area contributed by atoms with Crippen LogP contribution in [0.2, 0.25) is 0 Å². The smallest absolute Gasteiger partial charge is 0.201 e. The molecule has 2 rings (SSSR count). The Morgan fingerprint density at radius 3 is 2.29 bits per heavy atom.